The predicted octanol–water partition coefficient (Wildman–Crippen LogP) is 2.88. The van der Waals surface area contributed by atoms with E-state index in [-0.39, 0.29) is 5.97 Å². The Labute approximate surface area is 113 Å². The van der Waals surface area contributed by atoms with Crippen molar-refractivity contribution in [3.63, 3.8) is 0 Å². The number of rotatable bonds is 5. The number of hydrogen-bond acceptors (Lipinski definition) is 5. The molecular formula is C13H20N2O2S. The third kappa shape index (κ3) is 3.70. The number of thioether (sulfide) groups is 1. The largest absolute Gasteiger partial charge is 0.462 e. The Hall–Kier alpha value is -1.10. The number of hydrogen-bond donors (Lipinski definition) is 0. The van der Waals surface area contributed by atoms with Gasteiger partial charge in [-0.1, -0.05) is 25.6 Å². The van der Waals surface area contributed by atoms with Gasteiger partial charge in [0, 0.05) is 0 Å². The van der Waals surface area contributed by atoms with Gasteiger partial charge in [-0.3, -0.25) is 0 Å². The molecule has 5 heteroatoms. The first-order valence-corrected chi connectivity index (χ1v) is 7.30. The summed E-state index contributed by atoms with van der Waals surface area (Å²) in [6.07, 6.45) is 2.68. The second kappa shape index (κ2) is 6.73. The quantitative estimate of drug-likeness (QED) is 0.467. The van der Waals surface area contributed by atoms with Gasteiger partial charge in [-0.2, -0.15) is 0 Å². The maximum atomic E-state index is 12.0. The molecule has 0 amide bonds. The molecule has 1 rings (SSSR count). The first-order chi connectivity index (χ1) is 8.49. The monoisotopic (exact) mass is 268 g/mol. The van der Waals surface area contributed by atoms with Crippen molar-refractivity contribution in [3.05, 3.63) is 17.0 Å². The van der Waals surface area contributed by atoms with Gasteiger partial charge in [-0.25, -0.2) is 14.8 Å². The summed E-state index contributed by atoms with van der Waals surface area (Å²) in [6.45, 7) is 8.20. The van der Waals surface area contributed by atoms with Gasteiger partial charge in [-0.15, -0.1) is 0 Å². The number of esters is 1. The summed E-state index contributed by atoms with van der Waals surface area (Å²) in [5.41, 5.74) is 2.02. The van der Waals surface area contributed by atoms with Gasteiger partial charge in [0.25, 0.3) is 0 Å². The Morgan fingerprint density at radius 1 is 1.39 bits per heavy atom. The van der Waals surface area contributed by atoms with Gasteiger partial charge in [0.15, 0.2) is 5.16 Å². The molecule has 0 spiro atoms. The van der Waals surface area contributed by atoms with E-state index in [2.05, 4.69) is 23.8 Å². The fraction of sp³-hybridized carbons (Fsp3) is 0.615. The van der Waals surface area contributed by atoms with Crippen LogP contribution >= 0.6 is 11.8 Å². The van der Waals surface area contributed by atoms with E-state index in [0.29, 0.717) is 28.9 Å². The molecule has 0 N–H and O–H groups in total. The molecular weight excluding hydrogens is 248 g/mol. The standard InChI is InChI=1S/C13H20N2O2S/c1-6-17-12(16)11-9(4)14-13(18-5)15-10(11)7-8(2)3/h8H,6-7H2,1-5H3. The van der Waals surface area contributed by atoms with Crippen LogP contribution in [0, 0.1) is 12.8 Å². The topological polar surface area (TPSA) is 52.1 Å². The van der Waals surface area contributed by atoms with Crippen LogP contribution in [0.4, 0.5) is 0 Å². The van der Waals surface area contributed by atoms with Crippen molar-refractivity contribution in [3.8, 4) is 0 Å². The zero-order chi connectivity index (χ0) is 13.7. The summed E-state index contributed by atoms with van der Waals surface area (Å²) in [5, 5.41) is 0.705. The summed E-state index contributed by atoms with van der Waals surface area (Å²) in [6, 6.07) is 0. The van der Waals surface area contributed by atoms with E-state index in [0.717, 1.165) is 12.1 Å². The highest BCUT2D eigenvalue weighted by atomic mass is 32.2. The summed E-state index contributed by atoms with van der Waals surface area (Å²) in [7, 11) is 0. The molecule has 0 fully saturated rings. The third-order valence-corrected chi connectivity index (χ3v) is 2.96. The van der Waals surface area contributed by atoms with Crippen molar-refractivity contribution in [2.75, 3.05) is 12.9 Å². The maximum Gasteiger partial charge on any atom is 0.341 e. The van der Waals surface area contributed by atoms with Crippen LogP contribution in [0.5, 0.6) is 0 Å². The summed E-state index contributed by atoms with van der Waals surface area (Å²) >= 11 is 1.48. The lowest BCUT2D eigenvalue weighted by atomic mass is 10.0. The Kier molecular flexibility index (Phi) is 5.59. The van der Waals surface area contributed by atoms with E-state index >= 15 is 0 Å². The van der Waals surface area contributed by atoms with Crippen molar-refractivity contribution >= 4 is 17.7 Å². The summed E-state index contributed by atoms with van der Waals surface area (Å²) < 4.78 is 5.08. The molecule has 0 aliphatic heterocycles. The summed E-state index contributed by atoms with van der Waals surface area (Å²) in [5.74, 6) is 0.112. The van der Waals surface area contributed by atoms with Crippen molar-refractivity contribution in [2.24, 2.45) is 5.92 Å². The fourth-order valence-corrected chi connectivity index (χ4v) is 2.13. The molecule has 0 bridgehead atoms. The van der Waals surface area contributed by atoms with Crippen LogP contribution in [0.2, 0.25) is 0 Å². The maximum absolute atomic E-state index is 12.0. The highest BCUT2D eigenvalue weighted by molar-refractivity contribution is 7.98. The third-order valence-electron chi connectivity index (χ3n) is 2.41. The van der Waals surface area contributed by atoms with Crippen LogP contribution in [0.1, 0.15) is 42.5 Å². The fourth-order valence-electron chi connectivity index (χ4n) is 1.70. The SMILES string of the molecule is CCOC(=O)c1c(C)nc(SC)nc1CC(C)C. The molecule has 0 atom stereocenters. The molecule has 0 aliphatic rings. The van der Waals surface area contributed by atoms with Gasteiger partial charge >= 0.3 is 5.97 Å². The number of carbonyl (C=O) groups excluding carboxylic acids is 1. The minimum absolute atomic E-state index is 0.321. The number of ether oxygens (including phenoxy) is 1. The van der Waals surface area contributed by atoms with Crippen LogP contribution in [0.15, 0.2) is 5.16 Å². The lowest BCUT2D eigenvalue weighted by Crippen LogP contribution is -2.15. The lowest BCUT2D eigenvalue weighted by Gasteiger charge is -2.13. The number of aromatic nitrogens is 2. The molecule has 18 heavy (non-hydrogen) atoms. The van der Waals surface area contributed by atoms with Crippen molar-refractivity contribution < 1.29 is 9.53 Å². The van der Waals surface area contributed by atoms with Crippen LogP contribution in [0.3, 0.4) is 0 Å². The van der Waals surface area contributed by atoms with Gasteiger partial charge in [0.05, 0.1) is 18.0 Å². The van der Waals surface area contributed by atoms with Gasteiger partial charge in [-0.05, 0) is 32.4 Å². The molecule has 1 aromatic rings. The van der Waals surface area contributed by atoms with Crippen molar-refractivity contribution in [1.29, 1.82) is 0 Å². The number of carbonyl (C=O) groups is 1. The Bertz CT molecular complexity index is 433. The molecule has 0 saturated carbocycles. The van der Waals surface area contributed by atoms with Gasteiger partial charge in [0.1, 0.15) is 5.56 Å². The predicted molar refractivity (Wildman–Crippen MR) is 73.0 cm³/mol. The lowest BCUT2D eigenvalue weighted by molar-refractivity contribution is 0.0522. The van der Waals surface area contributed by atoms with Gasteiger partial charge in [0.2, 0.25) is 0 Å². The molecule has 0 aromatic carbocycles. The van der Waals surface area contributed by atoms with Crippen molar-refractivity contribution in [1.82, 2.24) is 9.97 Å². The minimum atomic E-state index is -0.321. The molecule has 4 nitrogen and oxygen atoms in total. The molecule has 0 aliphatic carbocycles. The van der Waals surface area contributed by atoms with Gasteiger partial charge < -0.3 is 4.74 Å². The van der Waals surface area contributed by atoms with E-state index in [1.807, 2.05) is 13.2 Å². The Morgan fingerprint density at radius 3 is 2.56 bits per heavy atom. The van der Waals surface area contributed by atoms with E-state index < -0.39 is 0 Å². The first kappa shape index (κ1) is 15.0. The average Bonchev–Trinajstić information content (AvgIpc) is 2.27. The Balaban J connectivity index is 3.23. The molecule has 0 radical (unpaired) electrons. The smallest absolute Gasteiger partial charge is 0.341 e. The number of aryl methyl sites for hydroxylation is 1. The molecule has 1 heterocycles. The number of nitrogens with zero attached hydrogens (tertiary/aromatic N) is 2. The first-order valence-electron chi connectivity index (χ1n) is 6.08. The van der Waals surface area contributed by atoms with Crippen LogP contribution in [0.25, 0.3) is 0 Å². The van der Waals surface area contributed by atoms with E-state index in [1.165, 1.54) is 11.8 Å². The van der Waals surface area contributed by atoms with Crippen LogP contribution in [-0.2, 0) is 11.2 Å². The van der Waals surface area contributed by atoms with Crippen LogP contribution < -0.4 is 0 Å². The highest BCUT2D eigenvalue weighted by Gasteiger charge is 2.20. The molecule has 0 saturated heterocycles. The second-order valence-electron chi connectivity index (χ2n) is 4.44. The normalized spacial score (nSPS) is 10.8. The van der Waals surface area contributed by atoms with E-state index in [4.69, 9.17) is 4.74 Å². The van der Waals surface area contributed by atoms with Crippen LogP contribution in [-0.4, -0.2) is 28.8 Å². The highest BCUT2D eigenvalue weighted by Crippen LogP contribution is 2.19. The summed E-state index contributed by atoms with van der Waals surface area (Å²) in [4.78, 5) is 20.7. The zero-order valence-corrected chi connectivity index (χ0v) is 12.4. The average molecular weight is 268 g/mol. The minimum Gasteiger partial charge on any atom is -0.462 e. The molecule has 100 valence electrons. The Morgan fingerprint density at radius 2 is 2.06 bits per heavy atom. The van der Waals surface area contributed by atoms with E-state index in [9.17, 15) is 4.79 Å². The molecule has 0 unspecified atom stereocenters. The zero-order valence-electron chi connectivity index (χ0n) is 11.6. The molecule has 1 aromatic heterocycles. The van der Waals surface area contributed by atoms with E-state index in [1.54, 1.807) is 6.92 Å². The second-order valence-corrected chi connectivity index (χ2v) is 5.21. The van der Waals surface area contributed by atoms with Crippen molar-refractivity contribution in [2.45, 2.75) is 39.3 Å².